The van der Waals surface area contributed by atoms with Gasteiger partial charge in [-0.25, -0.2) is 0 Å². The molecule has 1 saturated carbocycles. The number of ether oxygens (including phenoxy) is 1. The Morgan fingerprint density at radius 3 is 2.81 bits per heavy atom. The highest BCUT2D eigenvalue weighted by Gasteiger charge is 2.21. The zero-order chi connectivity index (χ0) is 15.2. The number of hydrogen-bond acceptors (Lipinski definition) is 4. The highest BCUT2D eigenvalue weighted by atomic mass is 16.6. The van der Waals surface area contributed by atoms with E-state index in [9.17, 15) is 10.1 Å². The van der Waals surface area contributed by atoms with Crippen LogP contribution in [-0.2, 0) is 0 Å². The van der Waals surface area contributed by atoms with Crippen molar-refractivity contribution in [1.29, 1.82) is 0 Å². The minimum absolute atomic E-state index is 0.0217. The van der Waals surface area contributed by atoms with Gasteiger partial charge in [0.05, 0.1) is 11.5 Å². The van der Waals surface area contributed by atoms with Gasteiger partial charge in [0.15, 0.2) is 5.75 Å². The summed E-state index contributed by atoms with van der Waals surface area (Å²) in [6.07, 6.45) is 5.21. The number of nitrogens with one attached hydrogen (secondary N) is 1. The van der Waals surface area contributed by atoms with E-state index in [-0.39, 0.29) is 5.69 Å². The second-order valence-electron chi connectivity index (χ2n) is 5.78. The second kappa shape index (κ2) is 7.29. The maximum atomic E-state index is 11.0. The number of benzene rings is 1. The summed E-state index contributed by atoms with van der Waals surface area (Å²) in [6, 6.07) is 5.00. The largest absolute Gasteiger partial charge is 0.487 e. The van der Waals surface area contributed by atoms with Gasteiger partial charge < -0.3 is 10.1 Å². The van der Waals surface area contributed by atoms with Gasteiger partial charge in [-0.05, 0) is 31.2 Å². The van der Waals surface area contributed by atoms with E-state index in [0.29, 0.717) is 18.3 Å². The van der Waals surface area contributed by atoms with Crippen LogP contribution in [-0.4, -0.2) is 18.1 Å². The molecule has 2 rings (SSSR count). The van der Waals surface area contributed by atoms with Crippen LogP contribution in [0.3, 0.4) is 0 Å². The molecule has 116 valence electrons. The first kappa shape index (κ1) is 15.6. The lowest BCUT2D eigenvalue weighted by molar-refractivity contribution is -0.385. The molecule has 5 nitrogen and oxygen atoms in total. The van der Waals surface area contributed by atoms with Gasteiger partial charge in [-0.3, -0.25) is 10.1 Å². The third kappa shape index (κ3) is 4.09. The molecule has 0 aliphatic heterocycles. The first-order valence-electron chi connectivity index (χ1n) is 7.77. The maximum absolute atomic E-state index is 11.0. The Bertz CT molecular complexity index is 490. The molecule has 1 aliphatic rings. The quantitative estimate of drug-likeness (QED) is 0.629. The van der Waals surface area contributed by atoms with Crippen LogP contribution in [0, 0.1) is 22.0 Å². The number of nitro groups is 1. The van der Waals surface area contributed by atoms with Crippen LogP contribution in [0.4, 0.5) is 11.4 Å². The van der Waals surface area contributed by atoms with E-state index in [1.54, 1.807) is 12.1 Å². The molecule has 0 amide bonds. The zero-order valence-corrected chi connectivity index (χ0v) is 12.8. The number of hydrogen-bond donors (Lipinski definition) is 1. The molecule has 21 heavy (non-hydrogen) atoms. The van der Waals surface area contributed by atoms with Crippen LogP contribution >= 0.6 is 0 Å². The Kier molecular flexibility index (Phi) is 5.42. The Hall–Kier alpha value is -1.78. The van der Waals surface area contributed by atoms with Crippen LogP contribution in [0.1, 0.15) is 39.5 Å². The van der Waals surface area contributed by atoms with Crippen molar-refractivity contribution in [1.82, 2.24) is 0 Å². The van der Waals surface area contributed by atoms with Gasteiger partial charge in [-0.2, -0.15) is 0 Å². The Morgan fingerprint density at radius 2 is 2.14 bits per heavy atom. The van der Waals surface area contributed by atoms with Crippen LogP contribution in [0.25, 0.3) is 0 Å². The van der Waals surface area contributed by atoms with E-state index >= 15 is 0 Å². The first-order chi connectivity index (χ1) is 10.1. The molecule has 0 aromatic heterocycles. The molecule has 0 spiro atoms. The van der Waals surface area contributed by atoms with Crippen molar-refractivity contribution >= 4 is 11.4 Å². The number of nitrogens with zero attached hydrogens (tertiary/aromatic N) is 1. The third-order valence-electron chi connectivity index (χ3n) is 4.31. The smallest absolute Gasteiger partial charge is 0.311 e. The van der Waals surface area contributed by atoms with Crippen LogP contribution in [0.2, 0.25) is 0 Å². The second-order valence-corrected chi connectivity index (χ2v) is 5.78. The lowest BCUT2D eigenvalue weighted by atomic mass is 9.80. The van der Waals surface area contributed by atoms with Crippen LogP contribution in [0.5, 0.6) is 5.75 Å². The first-order valence-corrected chi connectivity index (χ1v) is 7.77. The predicted molar refractivity (Wildman–Crippen MR) is 83.9 cm³/mol. The van der Waals surface area contributed by atoms with Gasteiger partial charge in [-0.15, -0.1) is 0 Å². The molecule has 1 aromatic carbocycles. The van der Waals surface area contributed by atoms with Gasteiger partial charge in [0, 0.05) is 24.4 Å². The van der Waals surface area contributed by atoms with Crippen molar-refractivity contribution in [2.45, 2.75) is 39.5 Å². The van der Waals surface area contributed by atoms with E-state index in [1.165, 1.54) is 31.7 Å². The summed E-state index contributed by atoms with van der Waals surface area (Å²) in [5.74, 6) is 1.77. The predicted octanol–water partition coefficient (Wildman–Crippen LogP) is 4.23. The number of rotatable bonds is 6. The summed E-state index contributed by atoms with van der Waals surface area (Å²) in [4.78, 5) is 10.6. The van der Waals surface area contributed by atoms with E-state index in [1.807, 2.05) is 6.92 Å². The molecule has 0 heterocycles. The Morgan fingerprint density at radius 1 is 1.38 bits per heavy atom. The topological polar surface area (TPSA) is 64.4 Å². The summed E-state index contributed by atoms with van der Waals surface area (Å²) < 4.78 is 5.37. The molecule has 1 aliphatic carbocycles. The van der Waals surface area contributed by atoms with Gasteiger partial charge in [0.2, 0.25) is 0 Å². The fourth-order valence-electron chi connectivity index (χ4n) is 2.99. The van der Waals surface area contributed by atoms with E-state index in [2.05, 4.69) is 12.2 Å². The molecular weight excluding hydrogens is 268 g/mol. The third-order valence-corrected chi connectivity index (χ3v) is 4.31. The van der Waals surface area contributed by atoms with E-state index in [0.717, 1.165) is 18.2 Å². The number of nitro benzene ring substituents is 1. The van der Waals surface area contributed by atoms with Gasteiger partial charge in [0.1, 0.15) is 0 Å². The highest BCUT2D eigenvalue weighted by molar-refractivity contribution is 5.58. The summed E-state index contributed by atoms with van der Waals surface area (Å²) in [6.45, 7) is 5.48. The molecule has 2 atom stereocenters. The fraction of sp³-hybridized carbons (Fsp3) is 0.625. The van der Waals surface area contributed by atoms with Crippen LogP contribution in [0.15, 0.2) is 18.2 Å². The average molecular weight is 292 g/mol. The Labute approximate surface area is 125 Å². The summed E-state index contributed by atoms with van der Waals surface area (Å²) in [5.41, 5.74) is 0.912. The molecular formula is C16H24N2O3. The van der Waals surface area contributed by atoms with Gasteiger partial charge in [-0.1, -0.05) is 26.2 Å². The van der Waals surface area contributed by atoms with Crippen LogP contribution < -0.4 is 10.1 Å². The lowest BCUT2D eigenvalue weighted by Gasteiger charge is -2.29. The monoisotopic (exact) mass is 292 g/mol. The highest BCUT2D eigenvalue weighted by Crippen LogP contribution is 2.32. The van der Waals surface area contributed by atoms with Crippen molar-refractivity contribution < 1.29 is 9.66 Å². The minimum atomic E-state index is -0.405. The number of anilines is 1. The summed E-state index contributed by atoms with van der Waals surface area (Å²) in [7, 11) is 0. The van der Waals surface area contributed by atoms with Gasteiger partial charge in [0.25, 0.3) is 0 Å². The summed E-state index contributed by atoms with van der Waals surface area (Å²) >= 11 is 0. The molecule has 0 saturated heterocycles. The summed E-state index contributed by atoms with van der Waals surface area (Å²) in [5, 5.41) is 14.4. The molecule has 2 unspecified atom stereocenters. The molecule has 1 N–H and O–H groups in total. The average Bonchev–Trinajstić information content (AvgIpc) is 2.46. The zero-order valence-electron chi connectivity index (χ0n) is 12.8. The van der Waals surface area contributed by atoms with Crippen molar-refractivity contribution in [2.75, 3.05) is 18.5 Å². The minimum Gasteiger partial charge on any atom is -0.487 e. The molecule has 1 fully saturated rings. The SMILES string of the molecule is CCOc1cc(NCC2CCCCC2C)ccc1[N+](=O)[O-]. The molecule has 1 aromatic rings. The van der Waals surface area contributed by atoms with E-state index in [4.69, 9.17) is 4.74 Å². The van der Waals surface area contributed by atoms with E-state index < -0.39 is 4.92 Å². The van der Waals surface area contributed by atoms with Gasteiger partial charge >= 0.3 is 5.69 Å². The standard InChI is InChI=1S/C16H24N2O3/c1-3-21-16-10-14(8-9-15(16)18(19)20)17-11-13-7-5-4-6-12(13)2/h8-10,12-13,17H,3-7,11H2,1-2H3. The fourth-order valence-corrected chi connectivity index (χ4v) is 2.99. The molecule has 0 bridgehead atoms. The lowest BCUT2D eigenvalue weighted by Crippen LogP contribution is -2.24. The molecule has 0 radical (unpaired) electrons. The van der Waals surface area contributed by atoms with Crippen molar-refractivity contribution in [3.05, 3.63) is 28.3 Å². The van der Waals surface area contributed by atoms with Crippen molar-refractivity contribution in [3.63, 3.8) is 0 Å². The maximum Gasteiger partial charge on any atom is 0.311 e. The van der Waals surface area contributed by atoms with Crippen molar-refractivity contribution in [3.8, 4) is 5.75 Å². The van der Waals surface area contributed by atoms with Crippen molar-refractivity contribution in [2.24, 2.45) is 11.8 Å². The normalized spacial score (nSPS) is 21.8. The Balaban J connectivity index is 2.02. The molecule has 5 heteroatoms.